The molecular weight excluding hydrogens is 490 g/mol. The lowest BCUT2D eigenvalue weighted by Crippen LogP contribution is -2.24. The second kappa shape index (κ2) is 9.71. The van der Waals surface area contributed by atoms with Crippen LogP contribution in [-0.4, -0.2) is 46.0 Å². The molecule has 0 saturated heterocycles. The average Bonchev–Trinajstić information content (AvgIpc) is 3.62. The minimum absolute atomic E-state index is 0.0692. The number of anilines is 1. The Morgan fingerprint density at radius 3 is 2.54 bits per heavy atom. The lowest BCUT2D eigenvalue weighted by molar-refractivity contribution is -0.120. The van der Waals surface area contributed by atoms with Gasteiger partial charge in [0.05, 0.1) is 34.3 Å². The molecule has 0 spiro atoms. The number of H-pyrrole nitrogens is 2. The van der Waals surface area contributed by atoms with Crippen molar-refractivity contribution in [2.75, 3.05) is 5.32 Å². The molecule has 10 heteroatoms. The van der Waals surface area contributed by atoms with E-state index in [1.165, 1.54) is 6.42 Å². The molecule has 0 unspecified atom stereocenters. The van der Waals surface area contributed by atoms with E-state index < -0.39 is 0 Å². The van der Waals surface area contributed by atoms with E-state index in [1.807, 2.05) is 36.4 Å². The molecule has 6 aromatic rings. The lowest BCUT2D eigenvalue weighted by Gasteiger charge is -2.20. The molecule has 192 valence electrons. The van der Waals surface area contributed by atoms with Gasteiger partial charge in [-0.05, 0) is 49.2 Å². The van der Waals surface area contributed by atoms with Crippen molar-refractivity contribution in [1.29, 1.82) is 0 Å². The van der Waals surface area contributed by atoms with Crippen molar-refractivity contribution in [3.63, 3.8) is 0 Å². The second-order valence-corrected chi connectivity index (χ2v) is 9.83. The van der Waals surface area contributed by atoms with Gasteiger partial charge in [0, 0.05) is 41.8 Å². The molecule has 6 heterocycles. The lowest BCUT2D eigenvalue weighted by atomic mass is 9.88. The van der Waals surface area contributed by atoms with Crippen LogP contribution in [-0.2, 0) is 4.79 Å². The summed E-state index contributed by atoms with van der Waals surface area (Å²) in [7, 11) is 0. The minimum Gasteiger partial charge on any atom is -0.336 e. The first-order valence-electron chi connectivity index (χ1n) is 13.1. The number of amides is 1. The Balaban J connectivity index is 1.23. The van der Waals surface area contributed by atoms with Gasteiger partial charge in [-0.25, -0.2) is 9.97 Å². The number of aromatic amines is 2. The number of rotatable bonds is 5. The predicted octanol–water partition coefficient (Wildman–Crippen LogP) is 5.54. The number of imidazole rings is 1. The Labute approximate surface area is 223 Å². The first-order chi connectivity index (χ1) is 19.2. The Kier molecular flexibility index (Phi) is 5.77. The smallest absolute Gasteiger partial charge is 0.227 e. The molecule has 0 atom stereocenters. The zero-order valence-corrected chi connectivity index (χ0v) is 21.1. The van der Waals surface area contributed by atoms with Gasteiger partial charge in [0.15, 0.2) is 11.5 Å². The summed E-state index contributed by atoms with van der Waals surface area (Å²) >= 11 is 0. The third kappa shape index (κ3) is 4.39. The number of fused-ring (bicyclic) bond motifs is 2. The van der Waals surface area contributed by atoms with E-state index in [9.17, 15) is 4.79 Å². The summed E-state index contributed by atoms with van der Waals surface area (Å²) in [6, 6.07) is 11.5. The highest BCUT2D eigenvalue weighted by atomic mass is 16.1. The molecule has 10 nitrogen and oxygen atoms in total. The van der Waals surface area contributed by atoms with E-state index in [4.69, 9.17) is 9.97 Å². The van der Waals surface area contributed by atoms with Gasteiger partial charge in [-0.2, -0.15) is 5.10 Å². The largest absolute Gasteiger partial charge is 0.336 e. The van der Waals surface area contributed by atoms with Crippen LogP contribution in [0.3, 0.4) is 0 Å². The highest BCUT2D eigenvalue weighted by Crippen LogP contribution is 2.31. The number of carbonyl (C=O) groups excluding carboxylic acids is 1. The molecule has 39 heavy (non-hydrogen) atoms. The van der Waals surface area contributed by atoms with Crippen LogP contribution in [0.15, 0.2) is 67.4 Å². The van der Waals surface area contributed by atoms with E-state index in [0.717, 1.165) is 64.7 Å². The standard InChI is InChI=1S/C29H25N9O/c39-29(18-4-2-1-3-5-18)33-20-14-19(15-31-16-20)21-6-7-23-26(34-21)27(38-37-23)28-35-22-10-13-32-24(25(22)36-28)17-8-11-30-12-9-17/h6-16,18H,1-5H2,(H,33,39)(H,35,36)(H,37,38). The molecule has 1 aliphatic rings. The van der Waals surface area contributed by atoms with Crippen molar-refractivity contribution in [2.24, 2.45) is 5.92 Å². The number of aromatic nitrogens is 8. The number of carbonyl (C=O) groups is 1. The molecule has 0 aromatic carbocycles. The van der Waals surface area contributed by atoms with Crippen LogP contribution in [0.5, 0.6) is 0 Å². The zero-order valence-electron chi connectivity index (χ0n) is 21.1. The SMILES string of the molecule is O=C(Nc1cncc(-c2ccc3[nH]nc(-c4nc5c(-c6ccncc6)nccc5[nH]4)c3n2)c1)C1CCCCC1. The van der Waals surface area contributed by atoms with Crippen molar-refractivity contribution in [3.05, 3.63) is 67.4 Å². The predicted molar refractivity (Wildman–Crippen MR) is 148 cm³/mol. The van der Waals surface area contributed by atoms with Crippen LogP contribution in [0.4, 0.5) is 5.69 Å². The molecular formula is C29H25N9O. The number of pyridine rings is 4. The molecule has 1 saturated carbocycles. The van der Waals surface area contributed by atoms with E-state index in [0.29, 0.717) is 22.7 Å². The fraction of sp³-hybridized carbons (Fsp3) is 0.207. The fourth-order valence-electron chi connectivity index (χ4n) is 5.25. The summed E-state index contributed by atoms with van der Waals surface area (Å²) in [5, 5.41) is 10.6. The van der Waals surface area contributed by atoms with Gasteiger partial charge in [0.25, 0.3) is 0 Å². The summed E-state index contributed by atoms with van der Waals surface area (Å²) in [5.41, 5.74) is 7.58. The first-order valence-corrected chi connectivity index (χ1v) is 13.1. The van der Waals surface area contributed by atoms with Crippen LogP contribution in [0.25, 0.3) is 56.1 Å². The molecule has 7 rings (SSSR count). The third-order valence-corrected chi connectivity index (χ3v) is 7.26. The summed E-state index contributed by atoms with van der Waals surface area (Å²) in [6.07, 6.45) is 14.0. The Bertz CT molecular complexity index is 1800. The van der Waals surface area contributed by atoms with Gasteiger partial charge < -0.3 is 10.3 Å². The molecule has 6 aromatic heterocycles. The Morgan fingerprint density at radius 2 is 1.67 bits per heavy atom. The quantitative estimate of drug-likeness (QED) is 0.274. The van der Waals surface area contributed by atoms with Crippen LogP contribution >= 0.6 is 0 Å². The monoisotopic (exact) mass is 515 g/mol. The first kappa shape index (κ1) is 23.2. The maximum atomic E-state index is 12.8. The van der Waals surface area contributed by atoms with Crippen molar-refractivity contribution >= 4 is 33.7 Å². The third-order valence-electron chi connectivity index (χ3n) is 7.26. The fourth-order valence-corrected chi connectivity index (χ4v) is 5.25. The van der Waals surface area contributed by atoms with Gasteiger partial charge in [-0.15, -0.1) is 0 Å². The Hall–Kier alpha value is -4.99. The van der Waals surface area contributed by atoms with Gasteiger partial charge >= 0.3 is 0 Å². The van der Waals surface area contributed by atoms with Crippen LogP contribution < -0.4 is 5.32 Å². The number of nitrogens with zero attached hydrogens (tertiary/aromatic N) is 6. The van der Waals surface area contributed by atoms with E-state index in [1.54, 1.807) is 31.0 Å². The molecule has 0 aliphatic heterocycles. The molecule has 1 amide bonds. The molecule has 3 N–H and O–H groups in total. The van der Waals surface area contributed by atoms with E-state index in [2.05, 4.69) is 35.5 Å². The zero-order chi connectivity index (χ0) is 26.2. The highest BCUT2D eigenvalue weighted by Gasteiger charge is 2.22. The van der Waals surface area contributed by atoms with Gasteiger partial charge in [0.1, 0.15) is 11.0 Å². The van der Waals surface area contributed by atoms with Crippen molar-refractivity contribution < 1.29 is 4.79 Å². The highest BCUT2D eigenvalue weighted by molar-refractivity contribution is 5.95. The summed E-state index contributed by atoms with van der Waals surface area (Å²) < 4.78 is 0. The topological polar surface area (TPSA) is 138 Å². The van der Waals surface area contributed by atoms with Crippen LogP contribution in [0, 0.1) is 5.92 Å². The normalized spacial score (nSPS) is 14.2. The van der Waals surface area contributed by atoms with E-state index >= 15 is 0 Å². The van der Waals surface area contributed by atoms with Gasteiger partial charge in [0.2, 0.25) is 5.91 Å². The number of hydrogen-bond acceptors (Lipinski definition) is 7. The minimum atomic E-state index is 0.0692. The number of nitrogens with one attached hydrogen (secondary N) is 3. The second-order valence-electron chi connectivity index (χ2n) is 9.83. The summed E-state index contributed by atoms with van der Waals surface area (Å²) in [5.74, 6) is 0.735. The van der Waals surface area contributed by atoms with Crippen molar-refractivity contribution in [1.82, 2.24) is 40.1 Å². The van der Waals surface area contributed by atoms with Gasteiger partial charge in [-0.3, -0.25) is 24.8 Å². The van der Waals surface area contributed by atoms with Crippen LogP contribution in [0.2, 0.25) is 0 Å². The van der Waals surface area contributed by atoms with E-state index in [-0.39, 0.29) is 11.8 Å². The van der Waals surface area contributed by atoms with Crippen molar-refractivity contribution in [2.45, 2.75) is 32.1 Å². The van der Waals surface area contributed by atoms with Crippen molar-refractivity contribution in [3.8, 4) is 34.0 Å². The van der Waals surface area contributed by atoms with Crippen LogP contribution in [0.1, 0.15) is 32.1 Å². The Morgan fingerprint density at radius 1 is 0.821 bits per heavy atom. The maximum Gasteiger partial charge on any atom is 0.227 e. The summed E-state index contributed by atoms with van der Waals surface area (Å²) in [6.45, 7) is 0. The molecule has 0 bridgehead atoms. The van der Waals surface area contributed by atoms with Gasteiger partial charge in [-0.1, -0.05) is 19.3 Å². The maximum absolute atomic E-state index is 12.8. The summed E-state index contributed by atoms with van der Waals surface area (Å²) in [4.78, 5) is 38.9. The molecule has 0 radical (unpaired) electrons. The molecule has 1 aliphatic carbocycles. The number of hydrogen-bond donors (Lipinski definition) is 3. The average molecular weight is 516 g/mol. The molecule has 1 fully saturated rings.